The largest absolute Gasteiger partial charge is 0.458 e. The van der Waals surface area contributed by atoms with E-state index in [2.05, 4.69) is 13.5 Å². The van der Waals surface area contributed by atoms with Crippen LogP contribution in [0, 0.1) is 11.8 Å². The molecule has 4 nitrogen and oxygen atoms in total. The van der Waals surface area contributed by atoms with Crippen LogP contribution in [-0.4, -0.2) is 24.1 Å². The molecule has 0 spiro atoms. The van der Waals surface area contributed by atoms with Crippen LogP contribution in [0.15, 0.2) is 23.3 Å². The smallest absolute Gasteiger partial charge is 0.334 e. The minimum Gasteiger partial charge on any atom is -0.458 e. The fourth-order valence-corrected chi connectivity index (χ4v) is 3.40. The Morgan fingerprint density at radius 1 is 1.16 bits per heavy atom. The predicted molar refractivity (Wildman–Crippen MR) is 68.1 cm³/mol. The van der Waals surface area contributed by atoms with Gasteiger partial charge in [-0.05, 0) is 31.3 Å². The third-order valence-electron chi connectivity index (χ3n) is 4.66. The van der Waals surface area contributed by atoms with Gasteiger partial charge in [-0.1, -0.05) is 13.5 Å². The van der Waals surface area contributed by atoms with Crippen molar-refractivity contribution in [3.63, 3.8) is 0 Å². The van der Waals surface area contributed by atoms with E-state index in [0.29, 0.717) is 17.6 Å². The summed E-state index contributed by atoms with van der Waals surface area (Å²) in [5.74, 6) is -0.251. The van der Waals surface area contributed by atoms with Gasteiger partial charge in [0.05, 0.1) is 0 Å². The van der Waals surface area contributed by atoms with E-state index in [1.807, 2.05) is 6.92 Å². The number of fused-ring (bicyclic) bond motifs is 2. The Morgan fingerprint density at radius 2 is 1.89 bits per heavy atom. The van der Waals surface area contributed by atoms with Crippen LogP contribution >= 0.6 is 0 Å². The molecule has 1 unspecified atom stereocenters. The van der Waals surface area contributed by atoms with Crippen molar-refractivity contribution in [2.75, 3.05) is 0 Å². The number of hydrogen-bond acceptors (Lipinski definition) is 4. The summed E-state index contributed by atoms with van der Waals surface area (Å²) in [5, 5.41) is 0. The Balaban J connectivity index is 1.97. The second-order valence-electron chi connectivity index (χ2n) is 5.82. The highest BCUT2D eigenvalue weighted by atomic mass is 16.6. The van der Waals surface area contributed by atoms with Crippen molar-refractivity contribution in [3.8, 4) is 0 Å². The summed E-state index contributed by atoms with van der Waals surface area (Å²) in [5.41, 5.74) is 2.25. The van der Waals surface area contributed by atoms with Crippen LogP contribution in [0.25, 0.3) is 0 Å². The van der Waals surface area contributed by atoms with Crippen LogP contribution in [0.5, 0.6) is 0 Å². The Morgan fingerprint density at radius 3 is 2.63 bits per heavy atom. The van der Waals surface area contributed by atoms with Gasteiger partial charge < -0.3 is 9.47 Å². The SMILES string of the molecule is C=C1C(=O)O[C@H]2CC3=C(C)[C@H](OC3=O)C(C)CC[C@H]12. The molecule has 0 aromatic rings. The van der Waals surface area contributed by atoms with Crippen LogP contribution in [0.3, 0.4) is 0 Å². The van der Waals surface area contributed by atoms with E-state index in [-0.39, 0.29) is 36.0 Å². The molecule has 2 aliphatic heterocycles. The van der Waals surface area contributed by atoms with Gasteiger partial charge in [0.15, 0.2) is 0 Å². The van der Waals surface area contributed by atoms with E-state index in [0.717, 1.165) is 18.4 Å². The molecule has 0 aromatic carbocycles. The summed E-state index contributed by atoms with van der Waals surface area (Å²) in [6.07, 6.45) is 1.88. The molecule has 3 rings (SSSR count). The zero-order chi connectivity index (χ0) is 13.7. The summed E-state index contributed by atoms with van der Waals surface area (Å²) in [6.45, 7) is 7.88. The first-order valence-electron chi connectivity index (χ1n) is 6.79. The lowest BCUT2D eigenvalue weighted by molar-refractivity contribution is -0.144. The normalized spacial score (nSPS) is 38.3. The molecule has 4 heteroatoms. The molecule has 102 valence electrons. The minimum atomic E-state index is -0.315. The molecule has 0 aromatic heterocycles. The summed E-state index contributed by atoms with van der Waals surface area (Å²) >= 11 is 0. The lowest BCUT2D eigenvalue weighted by Crippen LogP contribution is -2.24. The Labute approximate surface area is 112 Å². The zero-order valence-corrected chi connectivity index (χ0v) is 11.3. The number of esters is 2. The number of carbonyl (C=O) groups excluding carboxylic acids is 2. The predicted octanol–water partition coefficient (Wildman–Crippen LogP) is 2.15. The Kier molecular flexibility index (Phi) is 2.77. The van der Waals surface area contributed by atoms with Gasteiger partial charge in [0.2, 0.25) is 0 Å². The Hall–Kier alpha value is -1.58. The topological polar surface area (TPSA) is 52.6 Å². The number of carbonyl (C=O) groups is 2. The van der Waals surface area contributed by atoms with Gasteiger partial charge in [0, 0.05) is 23.5 Å². The molecule has 2 heterocycles. The van der Waals surface area contributed by atoms with Crippen LogP contribution in [0.4, 0.5) is 0 Å². The maximum Gasteiger partial charge on any atom is 0.334 e. The molecule has 0 radical (unpaired) electrons. The second kappa shape index (κ2) is 4.22. The van der Waals surface area contributed by atoms with Gasteiger partial charge in [-0.2, -0.15) is 0 Å². The third-order valence-corrected chi connectivity index (χ3v) is 4.66. The fourth-order valence-electron chi connectivity index (χ4n) is 3.40. The van der Waals surface area contributed by atoms with Crippen molar-refractivity contribution >= 4 is 11.9 Å². The quantitative estimate of drug-likeness (QED) is 0.496. The maximum absolute atomic E-state index is 11.9. The first kappa shape index (κ1) is 12.5. The molecule has 1 fully saturated rings. The number of ether oxygens (including phenoxy) is 2. The van der Waals surface area contributed by atoms with Crippen molar-refractivity contribution in [3.05, 3.63) is 23.3 Å². The first-order chi connectivity index (χ1) is 8.99. The molecule has 2 bridgehead atoms. The van der Waals surface area contributed by atoms with Crippen molar-refractivity contribution < 1.29 is 19.1 Å². The van der Waals surface area contributed by atoms with E-state index in [9.17, 15) is 9.59 Å². The van der Waals surface area contributed by atoms with E-state index < -0.39 is 0 Å². The summed E-state index contributed by atoms with van der Waals surface area (Å²) < 4.78 is 10.8. The highest BCUT2D eigenvalue weighted by molar-refractivity contribution is 5.94. The molecule has 3 aliphatic rings. The number of hydrogen-bond donors (Lipinski definition) is 0. The van der Waals surface area contributed by atoms with E-state index in [1.165, 1.54) is 0 Å². The van der Waals surface area contributed by atoms with Crippen molar-refractivity contribution in [2.45, 2.75) is 45.3 Å². The Bertz CT molecular complexity index is 502. The average Bonchev–Trinajstić information content (AvgIpc) is 2.80. The van der Waals surface area contributed by atoms with Crippen LogP contribution < -0.4 is 0 Å². The van der Waals surface area contributed by atoms with Gasteiger partial charge in [-0.25, -0.2) is 9.59 Å². The maximum atomic E-state index is 11.9. The van der Waals surface area contributed by atoms with Crippen molar-refractivity contribution in [1.82, 2.24) is 0 Å². The molecule has 4 atom stereocenters. The highest BCUT2D eigenvalue weighted by Crippen LogP contribution is 2.41. The standard InChI is InChI=1S/C15H18O4/c1-7-4-5-10-9(3)14(16)18-12(10)6-11-8(2)13(7)19-15(11)17/h7,10,12-13H,3-6H2,1-2H3/t7?,10-,12+,13-/m1/s1. The van der Waals surface area contributed by atoms with Crippen molar-refractivity contribution in [2.24, 2.45) is 11.8 Å². The molecule has 0 N–H and O–H groups in total. The zero-order valence-electron chi connectivity index (χ0n) is 11.3. The van der Waals surface area contributed by atoms with E-state index in [4.69, 9.17) is 9.47 Å². The van der Waals surface area contributed by atoms with Gasteiger partial charge in [-0.15, -0.1) is 0 Å². The molecule has 1 aliphatic carbocycles. The fraction of sp³-hybridized carbons (Fsp3) is 0.600. The van der Waals surface area contributed by atoms with E-state index >= 15 is 0 Å². The first-order valence-corrected chi connectivity index (χ1v) is 6.79. The summed E-state index contributed by atoms with van der Waals surface area (Å²) in [4.78, 5) is 23.6. The minimum absolute atomic E-state index is 0.0439. The van der Waals surface area contributed by atoms with Crippen molar-refractivity contribution in [1.29, 1.82) is 0 Å². The summed E-state index contributed by atoms with van der Waals surface area (Å²) in [6, 6.07) is 0. The van der Waals surface area contributed by atoms with Gasteiger partial charge in [0.25, 0.3) is 0 Å². The molecule has 0 saturated carbocycles. The van der Waals surface area contributed by atoms with Crippen LogP contribution in [0.1, 0.15) is 33.1 Å². The lowest BCUT2D eigenvalue weighted by atomic mass is 9.87. The molecule has 19 heavy (non-hydrogen) atoms. The monoisotopic (exact) mass is 262 g/mol. The van der Waals surface area contributed by atoms with E-state index in [1.54, 1.807) is 0 Å². The molecular formula is C15H18O4. The van der Waals surface area contributed by atoms with Gasteiger partial charge in [0.1, 0.15) is 12.2 Å². The number of rotatable bonds is 0. The third kappa shape index (κ3) is 1.81. The van der Waals surface area contributed by atoms with Crippen LogP contribution in [-0.2, 0) is 19.1 Å². The lowest BCUT2D eigenvalue weighted by Gasteiger charge is -2.22. The molecular weight excluding hydrogens is 244 g/mol. The van der Waals surface area contributed by atoms with Gasteiger partial charge >= 0.3 is 11.9 Å². The summed E-state index contributed by atoms with van der Waals surface area (Å²) in [7, 11) is 0. The molecule has 0 amide bonds. The molecule has 1 saturated heterocycles. The van der Waals surface area contributed by atoms with Gasteiger partial charge in [-0.3, -0.25) is 0 Å². The van der Waals surface area contributed by atoms with Crippen LogP contribution in [0.2, 0.25) is 0 Å². The average molecular weight is 262 g/mol. The second-order valence-corrected chi connectivity index (χ2v) is 5.82. The highest BCUT2D eigenvalue weighted by Gasteiger charge is 2.44.